The molecule has 0 aliphatic carbocycles. The zero-order chi connectivity index (χ0) is 13.7. The van der Waals surface area contributed by atoms with E-state index in [1.54, 1.807) is 24.3 Å². The number of hydrogen-bond acceptors (Lipinski definition) is 3. The number of rotatable bonds is 4. The van der Waals surface area contributed by atoms with E-state index >= 15 is 0 Å². The largest absolute Gasteiger partial charge is 0.390 e. The fourth-order valence-corrected chi connectivity index (χ4v) is 1.54. The first-order chi connectivity index (χ1) is 9.19. The maximum absolute atomic E-state index is 12.7. The number of nitrogens with one attached hydrogen (secondary N) is 1. The summed E-state index contributed by atoms with van der Waals surface area (Å²) in [6.07, 6.45) is 1.41. The van der Waals surface area contributed by atoms with Crippen LogP contribution in [0.15, 0.2) is 42.6 Å². The minimum atomic E-state index is -0.307. The molecule has 0 atom stereocenters. The number of hydrogen-bond donors (Lipinski definition) is 2. The molecule has 0 unspecified atom stereocenters. The molecule has 0 aliphatic rings. The van der Waals surface area contributed by atoms with Crippen molar-refractivity contribution in [2.24, 2.45) is 0 Å². The van der Waals surface area contributed by atoms with Crippen molar-refractivity contribution in [1.82, 2.24) is 10.3 Å². The molecule has 0 spiro atoms. The first kappa shape index (κ1) is 13.2. The van der Waals surface area contributed by atoms with Crippen LogP contribution in [0.1, 0.15) is 21.6 Å². The molecular weight excluding hydrogens is 247 g/mol. The van der Waals surface area contributed by atoms with Gasteiger partial charge in [0, 0.05) is 12.7 Å². The SMILES string of the molecule is O=C(NCc1ccc(F)cc1)c1ccc(CO)nc1. The van der Waals surface area contributed by atoms with E-state index < -0.39 is 0 Å². The van der Waals surface area contributed by atoms with Crippen molar-refractivity contribution in [2.75, 3.05) is 0 Å². The Hall–Kier alpha value is -2.27. The summed E-state index contributed by atoms with van der Waals surface area (Å²) in [6.45, 7) is 0.165. The molecule has 1 aromatic carbocycles. The van der Waals surface area contributed by atoms with Crippen LogP contribution >= 0.6 is 0 Å². The smallest absolute Gasteiger partial charge is 0.253 e. The predicted molar refractivity (Wildman–Crippen MR) is 67.7 cm³/mol. The first-order valence-corrected chi connectivity index (χ1v) is 5.77. The quantitative estimate of drug-likeness (QED) is 0.878. The van der Waals surface area contributed by atoms with Crippen molar-refractivity contribution in [3.8, 4) is 0 Å². The Kier molecular flexibility index (Phi) is 4.20. The molecule has 5 heteroatoms. The number of aliphatic hydroxyl groups excluding tert-OH is 1. The molecule has 0 saturated heterocycles. The van der Waals surface area contributed by atoms with Gasteiger partial charge in [0.2, 0.25) is 0 Å². The Balaban J connectivity index is 1.95. The van der Waals surface area contributed by atoms with Crippen LogP contribution < -0.4 is 5.32 Å². The molecule has 2 N–H and O–H groups in total. The number of benzene rings is 1. The van der Waals surface area contributed by atoms with Gasteiger partial charge in [-0.3, -0.25) is 9.78 Å². The molecular formula is C14H13FN2O2. The zero-order valence-electron chi connectivity index (χ0n) is 10.1. The number of nitrogens with zero attached hydrogens (tertiary/aromatic N) is 1. The lowest BCUT2D eigenvalue weighted by Crippen LogP contribution is -2.22. The fraction of sp³-hybridized carbons (Fsp3) is 0.143. The van der Waals surface area contributed by atoms with Gasteiger partial charge in [0.05, 0.1) is 17.9 Å². The monoisotopic (exact) mass is 260 g/mol. The van der Waals surface area contributed by atoms with Gasteiger partial charge < -0.3 is 10.4 Å². The van der Waals surface area contributed by atoms with Crippen LogP contribution in [0.3, 0.4) is 0 Å². The lowest BCUT2D eigenvalue weighted by molar-refractivity contribution is 0.0950. The van der Waals surface area contributed by atoms with Crippen LogP contribution in [0.5, 0.6) is 0 Å². The highest BCUT2D eigenvalue weighted by Crippen LogP contribution is 2.04. The molecule has 4 nitrogen and oxygen atoms in total. The lowest BCUT2D eigenvalue weighted by atomic mass is 10.2. The molecule has 1 aromatic heterocycles. The molecule has 0 aliphatic heterocycles. The number of carbonyl (C=O) groups is 1. The van der Waals surface area contributed by atoms with Crippen LogP contribution in [0.4, 0.5) is 4.39 Å². The van der Waals surface area contributed by atoms with Gasteiger partial charge in [0.25, 0.3) is 5.91 Å². The topological polar surface area (TPSA) is 62.2 Å². The molecule has 1 heterocycles. The number of pyridine rings is 1. The maximum Gasteiger partial charge on any atom is 0.253 e. The van der Waals surface area contributed by atoms with Crippen LogP contribution in [-0.4, -0.2) is 16.0 Å². The van der Waals surface area contributed by atoms with Crippen molar-refractivity contribution < 1.29 is 14.3 Å². The third kappa shape index (κ3) is 3.59. The Morgan fingerprint density at radius 3 is 2.53 bits per heavy atom. The van der Waals surface area contributed by atoms with E-state index in [1.807, 2.05) is 0 Å². The summed E-state index contributed by atoms with van der Waals surface area (Å²) in [5.41, 5.74) is 1.74. The third-order valence-electron chi connectivity index (χ3n) is 2.62. The second-order valence-corrected chi connectivity index (χ2v) is 4.01. The first-order valence-electron chi connectivity index (χ1n) is 5.77. The maximum atomic E-state index is 12.7. The average Bonchev–Trinajstić information content (AvgIpc) is 2.46. The number of carbonyl (C=O) groups excluding carboxylic acids is 1. The van der Waals surface area contributed by atoms with Gasteiger partial charge in [-0.25, -0.2) is 4.39 Å². The molecule has 2 aromatic rings. The summed E-state index contributed by atoms with van der Waals surface area (Å²) in [5, 5.41) is 11.6. The summed E-state index contributed by atoms with van der Waals surface area (Å²) in [4.78, 5) is 15.7. The minimum absolute atomic E-state index is 0.155. The summed E-state index contributed by atoms with van der Waals surface area (Å²) in [5.74, 6) is -0.569. The second-order valence-electron chi connectivity index (χ2n) is 4.01. The van der Waals surface area contributed by atoms with E-state index in [1.165, 1.54) is 18.3 Å². The third-order valence-corrected chi connectivity index (χ3v) is 2.62. The van der Waals surface area contributed by atoms with Crippen molar-refractivity contribution in [1.29, 1.82) is 0 Å². The van der Waals surface area contributed by atoms with Gasteiger partial charge in [-0.05, 0) is 29.8 Å². The standard InChI is InChI=1S/C14H13FN2O2/c15-12-4-1-10(2-5-12)7-17-14(19)11-3-6-13(9-18)16-8-11/h1-6,8,18H,7,9H2,(H,17,19). The molecule has 0 fully saturated rings. The molecule has 19 heavy (non-hydrogen) atoms. The van der Waals surface area contributed by atoms with Gasteiger partial charge in [-0.2, -0.15) is 0 Å². The van der Waals surface area contributed by atoms with Crippen LogP contribution in [0.2, 0.25) is 0 Å². The number of aromatic nitrogens is 1. The molecule has 1 amide bonds. The second kappa shape index (κ2) is 6.06. The van der Waals surface area contributed by atoms with E-state index in [2.05, 4.69) is 10.3 Å². The number of halogens is 1. The van der Waals surface area contributed by atoms with E-state index in [-0.39, 0.29) is 18.3 Å². The molecule has 2 rings (SSSR count). The Morgan fingerprint density at radius 1 is 1.21 bits per heavy atom. The van der Waals surface area contributed by atoms with E-state index in [4.69, 9.17) is 5.11 Å². The summed E-state index contributed by atoms with van der Waals surface area (Å²) < 4.78 is 12.7. The van der Waals surface area contributed by atoms with Gasteiger partial charge >= 0.3 is 0 Å². The summed E-state index contributed by atoms with van der Waals surface area (Å²) >= 11 is 0. The van der Waals surface area contributed by atoms with Crippen LogP contribution in [-0.2, 0) is 13.2 Å². The van der Waals surface area contributed by atoms with Crippen molar-refractivity contribution >= 4 is 5.91 Å². The minimum Gasteiger partial charge on any atom is -0.390 e. The van der Waals surface area contributed by atoms with Gasteiger partial charge in [-0.1, -0.05) is 12.1 Å². The van der Waals surface area contributed by atoms with Crippen molar-refractivity contribution in [3.63, 3.8) is 0 Å². The van der Waals surface area contributed by atoms with Gasteiger partial charge in [-0.15, -0.1) is 0 Å². The Morgan fingerprint density at radius 2 is 1.95 bits per heavy atom. The average molecular weight is 260 g/mol. The fourth-order valence-electron chi connectivity index (χ4n) is 1.54. The normalized spacial score (nSPS) is 10.2. The molecule has 0 bridgehead atoms. The van der Waals surface area contributed by atoms with Crippen LogP contribution in [0, 0.1) is 5.82 Å². The predicted octanol–water partition coefficient (Wildman–Crippen LogP) is 1.64. The number of aliphatic hydroxyl groups is 1. The molecule has 0 saturated carbocycles. The van der Waals surface area contributed by atoms with Gasteiger partial charge in [0.15, 0.2) is 0 Å². The van der Waals surface area contributed by atoms with E-state index in [0.717, 1.165) is 5.56 Å². The Bertz CT molecular complexity index is 553. The van der Waals surface area contributed by atoms with Crippen molar-refractivity contribution in [3.05, 3.63) is 65.2 Å². The van der Waals surface area contributed by atoms with Crippen LogP contribution in [0.25, 0.3) is 0 Å². The van der Waals surface area contributed by atoms with E-state index in [0.29, 0.717) is 17.8 Å². The summed E-state index contributed by atoms with van der Waals surface area (Å²) in [6, 6.07) is 9.11. The van der Waals surface area contributed by atoms with E-state index in [9.17, 15) is 9.18 Å². The van der Waals surface area contributed by atoms with Gasteiger partial charge in [0.1, 0.15) is 5.82 Å². The highest BCUT2D eigenvalue weighted by molar-refractivity contribution is 5.93. The molecule has 98 valence electrons. The van der Waals surface area contributed by atoms with Crippen molar-refractivity contribution in [2.45, 2.75) is 13.2 Å². The Labute approximate surface area is 109 Å². The zero-order valence-corrected chi connectivity index (χ0v) is 10.1. The lowest BCUT2D eigenvalue weighted by Gasteiger charge is -2.05. The summed E-state index contributed by atoms with van der Waals surface area (Å²) in [7, 11) is 0. The highest BCUT2D eigenvalue weighted by atomic mass is 19.1. The molecule has 0 radical (unpaired) electrons. The number of amides is 1. The highest BCUT2D eigenvalue weighted by Gasteiger charge is 2.05.